The second kappa shape index (κ2) is 3.75. The summed E-state index contributed by atoms with van der Waals surface area (Å²) in [5, 5.41) is 0. The van der Waals surface area contributed by atoms with Gasteiger partial charge in [0.1, 0.15) is 11.4 Å². The zero-order valence-electron chi connectivity index (χ0n) is 13.5. The highest BCUT2D eigenvalue weighted by atomic mass is 16.6. The molecule has 1 unspecified atom stereocenters. The number of carbonyl (C=O) groups excluding carboxylic acids is 1. The largest absolute Gasteiger partial charge is 0.365 e. The minimum absolute atomic E-state index is 0.0150. The van der Waals surface area contributed by atoms with Crippen molar-refractivity contribution in [3.63, 3.8) is 0 Å². The summed E-state index contributed by atoms with van der Waals surface area (Å²) >= 11 is 0. The molecule has 4 saturated carbocycles. The number of ether oxygens (including phenoxy) is 1. The van der Waals surface area contributed by atoms with Crippen LogP contribution in [0.1, 0.15) is 71.6 Å². The van der Waals surface area contributed by atoms with E-state index in [9.17, 15) is 4.79 Å². The van der Waals surface area contributed by atoms with Gasteiger partial charge in [-0.1, -0.05) is 26.7 Å². The third-order valence-corrected chi connectivity index (χ3v) is 8.73. The number of rotatable bonds is 0. The van der Waals surface area contributed by atoms with E-state index >= 15 is 0 Å². The van der Waals surface area contributed by atoms with E-state index in [-0.39, 0.29) is 11.0 Å². The second-order valence-corrected chi connectivity index (χ2v) is 9.15. The molecule has 5 rings (SSSR count). The van der Waals surface area contributed by atoms with Crippen LogP contribution < -0.4 is 0 Å². The van der Waals surface area contributed by atoms with Gasteiger partial charge in [0.25, 0.3) is 0 Å². The van der Waals surface area contributed by atoms with Crippen LogP contribution in [-0.2, 0) is 9.53 Å². The molecule has 4 aliphatic carbocycles. The molecule has 2 nitrogen and oxygen atoms in total. The Bertz CT molecular complexity index is 514. The van der Waals surface area contributed by atoms with Crippen LogP contribution in [0.4, 0.5) is 0 Å². The lowest BCUT2D eigenvalue weighted by molar-refractivity contribution is -0.135. The van der Waals surface area contributed by atoms with Crippen molar-refractivity contribution >= 4 is 5.78 Å². The lowest BCUT2D eigenvalue weighted by atomic mass is 9.45. The molecule has 0 radical (unpaired) electrons. The van der Waals surface area contributed by atoms with Gasteiger partial charge in [-0.25, -0.2) is 0 Å². The van der Waals surface area contributed by atoms with Gasteiger partial charge < -0.3 is 4.74 Å². The van der Waals surface area contributed by atoms with Crippen LogP contribution in [0.25, 0.3) is 0 Å². The Labute approximate surface area is 128 Å². The summed E-state index contributed by atoms with van der Waals surface area (Å²) in [4.78, 5) is 12.4. The number of hydrogen-bond donors (Lipinski definition) is 0. The summed E-state index contributed by atoms with van der Waals surface area (Å²) in [5.41, 5.74) is 0.676. The lowest BCUT2D eigenvalue weighted by Crippen LogP contribution is -2.57. The molecule has 0 aromatic heterocycles. The van der Waals surface area contributed by atoms with Gasteiger partial charge >= 0.3 is 0 Å². The van der Waals surface area contributed by atoms with Gasteiger partial charge in [0.2, 0.25) is 0 Å². The van der Waals surface area contributed by atoms with Crippen LogP contribution in [0, 0.1) is 28.6 Å². The van der Waals surface area contributed by atoms with Crippen molar-refractivity contribution in [1.82, 2.24) is 0 Å². The highest BCUT2D eigenvalue weighted by molar-refractivity contribution is 5.87. The molecule has 116 valence electrons. The fourth-order valence-electron chi connectivity index (χ4n) is 7.48. The zero-order chi connectivity index (χ0) is 14.5. The van der Waals surface area contributed by atoms with Gasteiger partial charge in [-0.05, 0) is 56.3 Å². The number of fused-ring (bicyclic) bond motifs is 4. The molecule has 0 bridgehead atoms. The second-order valence-electron chi connectivity index (χ2n) is 9.15. The molecule has 1 heterocycles. The van der Waals surface area contributed by atoms with E-state index < -0.39 is 0 Å². The fraction of sp³-hybridized carbons (Fsp3) is 0.947. The Morgan fingerprint density at radius 1 is 1.05 bits per heavy atom. The van der Waals surface area contributed by atoms with Crippen molar-refractivity contribution in [2.75, 3.05) is 0 Å². The van der Waals surface area contributed by atoms with Crippen LogP contribution in [0.2, 0.25) is 0 Å². The first-order valence-corrected chi connectivity index (χ1v) is 9.22. The van der Waals surface area contributed by atoms with Gasteiger partial charge in [-0.15, -0.1) is 0 Å². The molecular weight excluding hydrogens is 260 g/mol. The summed E-state index contributed by atoms with van der Waals surface area (Å²) in [5.74, 6) is 2.80. The van der Waals surface area contributed by atoms with E-state index in [2.05, 4.69) is 13.8 Å². The van der Waals surface area contributed by atoms with E-state index in [1.807, 2.05) is 0 Å². The summed E-state index contributed by atoms with van der Waals surface area (Å²) in [6.07, 6.45) is 11.6. The van der Waals surface area contributed by atoms with Crippen molar-refractivity contribution in [1.29, 1.82) is 0 Å². The highest BCUT2D eigenvalue weighted by Crippen LogP contribution is 2.72. The normalized spacial score (nSPS) is 61.5. The Hall–Kier alpha value is -0.370. The Morgan fingerprint density at radius 3 is 2.71 bits per heavy atom. The van der Waals surface area contributed by atoms with E-state index in [1.54, 1.807) is 0 Å². The quantitative estimate of drug-likeness (QED) is 0.628. The van der Waals surface area contributed by atoms with Crippen molar-refractivity contribution in [2.24, 2.45) is 28.6 Å². The summed E-state index contributed by atoms with van der Waals surface area (Å²) in [6, 6.07) is 0. The van der Waals surface area contributed by atoms with Crippen LogP contribution >= 0.6 is 0 Å². The molecule has 0 aromatic rings. The summed E-state index contributed by atoms with van der Waals surface area (Å²) < 4.78 is 6.39. The molecule has 0 aromatic carbocycles. The smallest absolute Gasteiger partial charge is 0.139 e. The molecule has 7 atom stereocenters. The molecule has 5 fully saturated rings. The summed E-state index contributed by atoms with van der Waals surface area (Å²) in [6.45, 7) is 4.82. The molecule has 5 aliphatic rings. The monoisotopic (exact) mass is 288 g/mol. The van der Waals surface area contributed by atoms with E-state index in [0.29, 0.717) is 23.2 Å². The zero-order valence-corrected chi connectivity index (χ0v) is 13.5. The minimum atomic E-state index is 0.0150. The van der Waals surface area contributed by atoms with Gasteiger partial charge in [-0.3, -0.25) is 4.79 Å². The van der Waals surface area contributed by atoms with Gasteiger partial charge in [0.05, 0.1) is 6.10 Å². The molecular formula is C19H28O2. The first kappa shape index (κ1) is 13.1. The van der Waals surface area contributed by atoms with Crippen LogP contribution in [0.5, 0.6) is 0 Å². The lowest BCUT2D eigenvalue weighted by Gasteiger charge is -2.57. The molecule has 1 saturated heterocycles. The SMILES string of the molecule is C[C@]12CC[C@H]3[C@@H](C[C@H]4OC45CCCC[C@]35C)[C@@H]1CCC2=O. The Balaban J connectivity index is 1.55. The van der Waals surface area contributed by atoms with Crippen molar-refractivity contribution < 1.29 is 9.53 Å². The predicted octanol–water partition coefficient (Wildman–Crippen LogP) is 4.12. The number of carbonyl (C=O) groups is 1. The molecule has 21 heavy (non-hydrogen) atoms. The Kier molecular flexibility index (Phi) is 2.34. The number of hydrogen-bond acceptors (Lipinski definition) is 2. The maximum Gasteiger partial charge on any atom is 0.139 e. The van der Waals surface area contributed by atoms with E-state index in [4.69, 9.17) is 4.74 Å². The van der Waals surface area contributed by atoms with E-state index in [1.165, 1.54) is 38.5 Å². The maximum absolute atomic E-state index is 12.4. The number of epoxide rings is 1. The topological polar surface area (TPSA) is 29.6 Å². The van der Waals surface area contributed by atoms with Crippen molar-refractivity contribution in [2.45, 2.75) is 83.3 Å². The van der Waals surface area contributed by atoms with Crippen LogP contribution in [-0.4, -0.2) is 17.5 Å². The number of ketones is 1. The highest BCUT2D eigenvalue weighted by Gasteiger charge is 2.75. The molecule has 1 spiro atoms. The molecule has 2 heteroatoms. The predicted molar refractivity (Wildman–Crippen MR) is 80.8 cm³/mol. The molecule has 1 aliphatic heterocycles. The van der Waals surface area contributed by atoms with E-state index in [0.717, 1.165) is 31.1 Å². The summed E-state index contributed by atoms with van der Waals surface area (Å²) in [7, 11) is 0. The third kappa shape index (κ3) is 1.33. The van der Waals surface area contributed by atoms with Gasteiger partial charge in [-0.2, -0.15) is 0 Å². The fourth-order valence-corrected chi connectivity index (χ4v) is 7.48. The van der Waals surface area contributed by atoms with Gasteiger partial charge in [0.15, 0.2) is 0 Å². The van der Waals surface area contributed by atoms with Crippen LogP contribution in [0.15, 0.2) is 0 Å². The van der Waals surface area contributed by atoms with Crippen molar-refractivity contribution in [3.05, 3.63) is 0 Å². The minimum Gasteiger partial charge on any atom is -0.365 e. The molecule has 0 amide bonds. The molecule has 0 N–H and O–H groups in total. The third-order valence-electron chi connectivity index (χ3n) is 8.73. The standard InChI is InChI=1S/C19H28O2/c1-17-10-7-14-12(13(17)5-6-15(17)20)11-16-19(21-16)9-4-3-8-18(14,19)2/h12-14,16H,3-11H2,1-2H3/t12-,13-,14-,16+,17-,18+,19?/m0/s1. The van der Waals surface area contributed by atoms with Gasteiger partial charge in [0, 0.05) is 17.3 Å². The first-order chi connectivity index (χ1) is 10.0. The number of Topliss-reactive ketones (excluding diaryl/α,β-unsaturated/α-hetero) is 1. The average molecular weight is 288 g/mol. The maximum atomic E-state index is 12.4. The Morgan fingerprint density at radius 2 is 1.86 bits per heavy atom. The average Bonchev–Trinajstić information content (AvgIpc) is 3.08. The van der Waals surface area contributed by atoms with Crippen molar-refractivity contribution in [3.8, 4) is 0 Å². The first-order valence-electron chi connectivity index (χ1n) is 9.22. The van der Waals surface area contributed by atoms with Crippen LogP contribution in [0.3, 0.4) is 0 Å².